The van der Waals surface area contributed by atoms with Crippen LogP contribution in [-0.4, -0.2) is 59.6 Å². The van der Waals surface area contributed by atoms with Gasteiger partial charge in [0, 0.05) is 19.5 Å². The van der Waals surface area contributed by atoms with Crippen molar-refractivity contribution in [1.82, 2.24) is 35.7 Å². The first-order chi connectivity index (χ1) is 11.6. The van der Waals surface area contributed by atoms with Crippen molar-refractivity contribution in [1.29, 1.82) is 0 Å². The number of nitro groups is 1. The molecule has 0 saturated carbocycles. The fourth-order valence-corrected chi connectivity index (χ4v) is 3.00. The highest BCUT2D eigenvalue weighted by molar-refractivity contribution is 5.96. The lowest BCUT2D eigenvalue weighted by atomic mass is 10.1. The van der Waals surface area contributed by atoms with Gasteiger partial charge in [-0.3, -0.25) is 20.0 Å². The van der Waals surface area contributed by atoms with Crippen molar-refractivity contribution in [2.75, 3.05) is 13.1 Å². The van der Waals surface area contributed by atoms with Crippen molar-refractivity contribution in [3.05, 3.63) is 27.3 Å². The minimum atomic E-state index is -0.533. The van der Waals surface area contributed by atoms with Gasteiger partial charge in [0.1, 0.15) is 5.69 Å². The maximum absolute atomic E-state index is 12.6. The Labute approximate surface area is 137 Å². The highest BCUT2D eigenvalue weighted by Crippen LogP contribution is 2.27. The van der Waals surface area contributed by atoms with Gasteiger partial charge in [0.15, 0.2) is 5.82 Å². The van der Waals surface area contributed by atoms with Gasteiger partial charge in [-0.1, -0.05) is 18.6 Å². The van der Waals surface area contributed by atoms with Gasteiger partial charge in [-0.2, -0.15) is 10.3 Å². The third kappa shape index (κ3) is 3.09. The monoisotopic (exact) mass is 334 g/mol. The molecule has 0 radical (unpaired) electrons. The van der Waals surface area contributed by atoms with E-state index in [1.165, 1.54) is 0 Å². The number of tetrazole rings is 1. The van der Waals surface area contributed by atoms with Crippen molar-refractivity contribution in [3.8, 4) is 0 Å². The van der Waals surface area contributed by atoms with Crippen molar-refractivity contribution < 1.29 is 9.72 Å². The smallest absolute Gasteiger partial charge is 0.322 e. The van der Waals surface area contributed by atoms with Crippen LogP contribution in [0.5, 0.6) is 0 Å². The number of rotatable bonds is 6. The number of nitrogens with one attached hydrogen (secondary N) is 2. The first kappa shape index (κ1) is 16.0. The van der Waals surface area contributed by atoms with Gasteiger partial charge in [0.2, 0.25) is 5.69 Å². The summed E-state index contributed by atoms with van der Waals surface area (Å²) in [5.41, 5.74) is 0.0838. The Morgan fingerprint density at radius 2 is 2.29 bits per heavy atom. The topological polar surface area (TPSA) is 147 Å². The average Bonchev–Trinajstić information content (AvgIpc) is 3.27. The molecule has 0 spiro atoms. The number of hydrogen-bond acceptors (Lipinski definition) is 7. The summed E-state index contributed by atoms with van der Waals surface area (Å²) in [6, 6.07) is 0. The molecule has 11 nitrogen and oxygen atoms in total. The number of likely N-dealkylation sites (tertiary alicyclic amines) is 1. The van der Waals surface area contributed by atoms with Crippen LogP contribution in [0.1, 0.15) is 41.8 Å². The second kappa shape index (κ2) is 6.72. The van der Waals surface area contributed by atoms with E-state index in [0.717, 1.165) is 12.8 Å². The molecule has 0 aliphatic carbocycles. The summed E-state index contributed by atoms with van der Waals surface area (Å²) in [7, 11) is 0. The summed E-state index contributed by atoms with van der Waals surface area (Å²) in [6.07, 6.45) is 2.62. The van der Waals surface area contributed by atoms with Crippen LogP contribution >= 0.6 is 0 Å². The van der Waals surface area contributed by atoms with E-state index in [2.05, 4.69) is 30.8 Å². The summed E-state index contributed by atoms with van der Waals surface area (Å²) in [4.78, 5) is 25.0. The molecule has 1 saturated heterocycles. The average molecular weight is 334 g/mol. The van der Waals surface area contributed by atoms with Crippen LogP contribution in [-0.2, 0) is 12.8 Å². The Kier molecular flexibility index (Phi) is 4.49. The second-order valence-corrected chi connectivity index (χ2v) is 5.84. The molecule has 1 aliphatic heterocycles. The number of carbonyl (C=O) groups is 1. The van der Waals surface area contributed by atoms with E-state index < -0.39 is 10.8 Å². The van der Waals surface area contributed by atoms with Crippen LogP contribution < -0.4 is 0 Å². The minimum absolute atomic E-state index is 0.108. The fourth-order valence-electron chi connectivity index (χ4n) is 3.00. The van der Waals surface area contributed by atoms with Gasteiger partial charge in [0.05, 0.1) is 4.92 Å². The van der Waals surface area contributed by atoms with Gasteiger partial charge in [0.25, 0.3) is 5.91 Å². The lowest BCUT2D eigenvalue weighted by Crippen LogP contribution is -2.29. The number of carbonyl (C=O) groups excluding carboxylic acids is 1. The van der Waals surface area contributed by atoms with E-state index >= 15 is 0 Å². The Morgan fingerprint density at radius 3 is 2.96 bits per heavy atom. The van der Waals surface area contributed by atoms with E-state index in [0.29, 0.717) is 37.4 Å². The third-order valence-corrected chi connectivity index (χ3v) is 4.13. The number of amides is 1. The van der Waals surface area contributed by atoms with E-state index in [1.54, 1.807) is 4.90 Å². The molecule has 1 unspecified atom stereocenters. The van der Waals surface area contributed by atoms with E-state index in [-0.39, 0.29) is 17.3 Å². The molecule has 0 bridgehead atoms. The Bertz CT molecular complexity index is 726. The quantitative estimate of drug-likeness (QED) is 0.577. The van der Waals surface area contributed by atoms with Crippen LogP contribution in [0.4, 0.5) is 5.69 Å². The lowest BCUT2D eigenvalue weighted by molar-refractivity contribution is -0.385. The van der Waals surface area contributed by atoms with Gasteiger partial charge in [-0.25, -0.2) is 0 Å². The third-order valence-electron chi connectivity index (χ3n) is 4.13. The largest absolute Gasteiger partial charge is 0.337 e. The lowest BCUT2D eigenvalue weighted by Gasteiger charge is -2.14. The number of nitrogens with zero attached hydrogens (tertiary/aromatic N) is 6. The number of H-pyrrole nitrogens is 2. The first-order valence-electron chi connectivity index (χ1n) is 7.83. The minimum Gasteiger partial charge on any atom is -0.337 e. The van der Waals surface area contributed by atoms with Gasteiger partial charge in [-0.15, -0.1) is 10.2 Å². The Hall–Kier alpha value is -2.85. The fraction of sp³-hybridized carbons (Fsp3) is 0.615. The zero-order valence-electron chi connectivity index (χ0n) is 13.2. The number of aryl methyl sites for hydroxylation is 1. The highest BCUT2D eigenvalue weighted by Gasteiger charge is 2.35. The molecule has 1 fully saturated rings. The second-order valence-electron chi connectivity index (χ2n) is 5.84. The molecular weight excluding hydrogens is 316 g/mol. The van der Waals surface area contributed by atoms with E-state index in [1.807, 2.05) is 6.92 Å². The van der Waals surface area contributed by atoms with Gasteiger partial charge in [-0.05, 0) is 18.8 Å². The Balaban J connectivity index is 1.72. The molecule has 3 heterocycles. The highest BCUT2D eigenvalue weighted by atomic mass is 16.6. The van der Waals surface area contributed by atoms with Crippen LogP contribution in [0, 0.1) is 16.0 Å². The van der Waals surface area contributed by atoms with Crippen molar-refractivity contribution >= 4 is 11.6 Å². The Morgan fingerprint density at radius 1 is 1.46 bits per heavy atom. The van der Waals surface area contributed by atoms with Gasteiger partial charge >= 0.3 is 5.69 Å². The standard InChI is InChI=1S/C13H18N8O3/c1-2-3-9-12(21(23)24)11(17-14-9)13(22)20-5-4-8(7-20)6-10-15-18-19-16-10/h8H,2-7H2,1H3,(H,14,17)(H,15,16,18,19). The molecule has 24 heavy (non-hydrogen) atoms. The van der Waals surface area contributed by atoms with Gasteiger partial charge < -0.3 is 4.90 Å². The molecule has 128 valence electrons. The molecule has 1 aliphatic rings. The summed E-state index contributed by atoms with van der Waals surface area (Å²) in [6.45, 7) is 2.95. The predicted molar refractivity (Wildman–Crippen MR) is 81.1 cm³/mol. The van der Waals surface area contributed by atoms with Crippen LogP contribution in [0.25, 0.3) is 0 Å². The van der Waals surface area contributed by atoms with Crippen LogP contribution in [0.15, 0.2) is 0 Å². The number of aromatic amines is 2. The van der Waals surface area contributed by atoms with E-state index in [9.17, 15) is 14.9 Å². The first-order valence-corrected chi connectivity index (χ1v) is 7.83. The van der Waals surface area contributed by atoms with Crippen LogP contribution in [0.2, 0.25) is 0 Å². The SMILES string of the molecule is CCCc1[nH]nc(C(=O)N2CCC(Cc3nn[nH]n3)C2)c1[N+](=O)[O-]. The van der Waals surface area contributed by atoms with E-state index in [4.69, 9.17) is 0 Å². The number of hydrogen-bond donors (Lipinski definition) is 2. The molecule has 2 N–H and O–H groups in total. The summed E-state index contributed by atoms with van der Waals surface area (Å²) >= 11 is 0. The van der Waals surface area contributed by atoms with Crippen LogP contribution in [0.3, 0.4) is 0 Å². The van der Waals surface area contributed by atoms with Crippen molar-refractivity contribution in [3.63, 3.8) is 0 Å². The predicted octanol–water partition coefficient (Wildman–Crippen LogP) is 0.488. The maximum atomic E-state index is 12.6. The summed E-state index contributed by atoms with van der Waals surface area (Å²) in [5.74, 6) is 0.404. The normalized spacial score (nSPS) is 17.4. The molecule has 2 aromatic heterocycles. The zero-order valence-corrected chi connectivity index (χ0v) is 13.2. The number of aromatic nitrogens is 6. The molecule has 11 heteroatoms. The molecule has 3 rings (SSSR count). The molecule has 1 amide bonds. The molecule has 0 aromatic carbocycles. The molecule has 2 aromatic rings. The zero-order chi connectivity index (χ0) is 17.1. The van der Waals surface area contributed by atoms with Crippen molar-refractivity contribution in [2.24, 2.45) is 5.92 Å². The molecular formula is C13H18N8O3. The summed E-state index contributed by atoms with van der Waals surface area (Å²) < 4.78 is 0. The molecule has 1 atom stereocenters. The maximum Gasteiger partial charge on any atom is 0.322 e. The summed E-state index contributed by atoms with van der Waals surface area (Å²) in [5, 5.41) is 31.6. The van der Waals surface area contributed by atoms with Crippen molar-refractivity contribution in [2.45, 2.75) is 32.6 Å².